The molecule has 3 aromatic rings. The summed E-state index contributed by atoms with van der Waals surface area (Å²) in [5.41, 5.74) is 3.32. The predicted molar refractivity (Wildman–Crippen MR) is 79.6 cm³/mol. The van der Waals surface area contributed by atoms with Crippen molar-refractivity contribution in [2.24, 2.45) is 14.1 Å². The Balaban J connectivity index is 0.00000147. The largest absolute Gasteiger partial charge is 1.00 e. The molecule has 0 atom stereocenters. The Hall–Kier alpha value is -1.22. The van der Waals surface area contributed by atoms with E-state index in [0.29, 0.717) is 10.0 Å². The average Bonchev–Trinajstić information content (AvgIpc) is 2.64. The van der Waals surface area contributed by atoms with Gasteiger partial charge in [-0.15, -0.1) is 0 Å². The van der Waals surface area contributed by atoms with Gasteiger partial charge in [-0.2, -0.15) is 0 Å². The summed E-state index contributed by atoms with van der Waals surface area (Å²) in [6, 6.07) is 13.9. The fourth-order valence-electron chi connectivity index (χ4n) is 2.52. The van der Waals surface area contributed by atoms with Crippen molar-refractivity contribution in [2.45, 2.75) is 0 Å². The first-order chi connectivity index (χ1) is 9.09. The van der Waals surface area contributed by atoms with E-state index in [1.165, 1.54) is 11.0 Å². The SMILES string of the molecule is Cn1c(-c2ccc(Cl)cc2Cl)[n+](C)c2ccccc21.[Cl-]. The van der Waals surface area contributed by atoms with E-state index in [1.54, 1.807) is 6.07 Å². The Bertz CT molecular complexity index is 739. The molecule has 2 nitrogen and oxygen atoms in total. The van der Waals surface area contributed by atoms with Gasteiger partial charge in [-0.1, -0.05) is 35.3 Å². The van der Waals surface area contributed by atoms with E-state index in [9.17, 15) is 0 Å². The fourth-order valence-corrected chi connectivity index (χ4v) is 3.01. The number of hydrogen-bond donors (Lipinski definition) is 0. The number of benzene rings is 2. The molecule has 0 radical (unpaired) electrons. The van der Waals surface area contributed by atoms with Crippen LogP contribution in [0.15, 0.2) is 42.5 Å². The maximum Gasteiger partial charge on any atom is 0.290 e. The lowest BCUT2D eigenvalue weighted by Gasteiger charge is -2.02. The Morgan fingerprint density at radius 1 is 1.05 bits per heavy atom. The second kappa shape index (κ2) is 5.65. The highest BCUT2D eigenvalue weighted by atomic mass is 35.5. The third-order valence-electron chi connectivity index (χ3n) is 3.41. The molecule has 5 heteroatoms. The quantitative estimate of drug-likeness (QED) is 0.589. The zero-order valence-electron chi connectivity index (χ0n) is 11.1. The lowest BCUT2D eigenvalue weighted by atomic mass is 10.2. The van der Waals surface area contributed by atoms with Gasteiger partial charge in [-0.05, 0) is 30.3 Å². The van der Waals surface area contributed by atoms with Crippen molar-refractivity contribution in [3.8, 4) is 11.4 Å². The molecule has 104 valence electrons. The van der Waals surface area contributed by atoms with Crippen molar-refractivity contribution in [2.75, 3.05) is 0 Å². The summed E-state index contributed by atoms with van der Waals surface area (Å²) in [5, 5.41) is 1.31. The predicted octanol–water partition coefficient (Wildman–Crippen LogP) is 0.981. The smallest absolute Gasteiger partial charge is 0.290 e. The van der Waals surface area contributed by atoms with Crippen LogP contribution in [0.5, 0.6) is 0 Å². The molecule has 3 rings (SSSR count). The van der Waals surface area contributed by atoms with Crippen molar-refractivity contribution in [1.29, 1.82) is 0 Å². The van der Waals surface area contributed by atoms with Crippen LogP contribution in [0.2, 0.25) is 10.0 Å². The average molecular weight is 328 g/mol. The number of rotatable bonds is 1. The third kappa shape index (κ3) is 2.28. The van der Waals surface area contributed by atoms with Crippen molar-refractivity contribution >= 4 is 34.2 Å². The minimum atomic E-state index is 0. The molecule has 0 spiro atoms. The van der Waals surface area contributed by atoms with Gasteiger partial charge in [0.05, 0.1) is 24.7 Å². The zero-order chi connectivity index (χ0) is 13.6. The summed E-state index contributed by atoms with van der Waals surface area (Å²) >= 11 is 12.3. The Kier molecular flexibility index (Phi) is 4.28. The van der Waals surface area contributed by atoms with Crippen LogP contribution in [-0.2, 0) is 14.1 Å². The molecular weight excluding hydrogens is 315 g/mol. The lowest BCUT2D eigenvalue weighted by molar-refractivity contribution is -0.634. The van der Waals surface area contributed by atoms with Crippen molar-refractivity contribution < 1.29 is 17.0 Å². The Morgan fingerprint density at radius 3 is 2.40 bits per heavy atom. The normalized spacial score (nSPS) is 10.6. The second-order valence-corrected chi connectivity index (χ2v) is 5.40. The van der Waals surface area contributed by atoms with Gasteiger partial charge in [0.1, 0.15) is 0 Å². The van der Waals surface area contributed by atoms with Gasteiger partial charge in [0, 0.05) is 5.02 Å². The first-order valence-corrected chi connectivity index (χ1v) is 6.74. The van der Waals surface area contributed by atoms with E-state index >= 15 is 0 Å². The van der Waals surface area contributed by atoms with Crippen LogP contribution in [0.3, 0.4) is 0 Å². The highest BCUT2D eigenvalue weighted by Crippen LogP contribution is 2.30. The molecular formula is C15H13Cl3N2. The minimum absolute atomic E-state index is 0. The minimum Gasteiger partial charge on any atom is -1.00 e. The van der Waals surface area contributed by atoms with Crippen molar-refractivity contribution in [3.05, 3.63) is 52.5 Å². The summed E-state index contributed by atoms with van der Waals surface area (Å²) in [6.45, 7) is 0. The number of fused-ring (bicyclic) bond motifs is 1. The second-order valence-electron chi connectivity index (χ2n) is 4.55. The van der Waals surface area contributed by atoms with E-state index < -0.39 is 0 Å². The number of aromatic nitrogens is 2. The van der Waals surface area contributed by atoms with Crippen LogP contribution in [0.4, 0.5) is 0 Å². The topological polar surface area (TPSA) is 8.81 Å². The fraction of sp³-hybridized carbons (Fsp3) is 0.133. The number of imidazole rings is 1. The van der Waals surface area contributed by atoms with Crippen LogP contribution < -0.4 is 17.0 Å². The van der Waals surface area contributed by atoms with E-state index in [4.69, 9.17) is 23.2 Å². The molecule has 0 saturated heterocycles. The molecule has 1 aromatic heterocycles. The van der Waals surface area contributed by atoms with Crippen LogP contribution in [0, 0.1) is 0 Å². The van der Waals surface area contributed by atoms with Crippen LogP contribution >= 0.6 is 23.2 Å². The van der Waals surface area contributed by atoms with Gasteiger partial charge in [0.2, 0.25) is 0 Å². The van der Waals surface area contributed by atoms with Gasteiger partial charge in [0.25, 0.3) is 5.82 Å². The highest BCUT2D eigenvalue weighted by Gasteiger charge is 2.23. The van der Waals surface area contributed by atoms with Crippen molar-refractivity contribution in [1.82, 2.24) is 4.57 Å². The molecule has 0 aliphatic rings. The molecule has 0 saturated carbocycles. The van der Waals surface area contributed by atoms with Gasteiger partial charge < -0.3 is 12.4 Å². The van der Waals surface area contributed by atoms with Crippen LogP contribution in [0.1, 0.15) is 0 Å². The summed E-state index contributed by atoms with van der Waals surface area (Å²) < 4.78 is 4.29. The molecule has 0 amide bonds. The van der Waals surface area contributed by atoms with Gasteiger partial charge >= 0.3 is 0 Å². The van der Waals surface area contributed by atoms with E-state index in [2.05, 4.69) is 21.3 Å². The van der Waals surface area contributed by atoms with E-state index in [-0.39, 0.29) is 12.4 Å². The molecule has 0 bridgehead atoms. The Morgan fingerprint density at radius 2 is 1.75 bits per heavy atom. The monoisotopic (exact) mass is 326 g/mol. The summed E-state index contributed by atoms with van der Waals surface area (Å²) in [7, 11) is 4.09. The summed E-state index contributed by atoms with van der Waals surface area (Å²) in [6.07, 6.45) is 0. The van der Waals surface area contributed by atoms with Crippen molar-refractivity contribution in [3.63, 3.8) is 0 Å². The molecule has 0 fully saturated rings. The standard InChI is InChI=1S/C15H13Cl2N2.ClH/c1-18-13-5-3-4-6-14(13)19(2)15(18)11-8-7-10(16)9-12(11)17;/h3-9H,1-2H3;1H/q+1;/p-1. The van der Waals surface area contributed by atoms with E-state index in [0.717, 1.165) is 11.4 Å². The molecule has 0 unspecified atom stereocenters. The first-order valence-electron chi connectivity index (χ1n) is 5.98. The number of hydrogen-bond acceptors (Lipinski definition) is 0. The molecule has 1 heterocycles. The number of aryl methyl sites for hydroxylation is 2. The highest BCUT2D eigenvalue weighted by molar-refractivity contribution is 6.36. The number of halogens is 3. The van der Waals surface area contributed by atoms with Crippen LogP contribution in [-0.4, -0.2) is 4.57 Å². The maximum atomic E-state index is 6.32. The molecule has 0 aliphatic heterocycles. The van der Waals surface area contributed by atoms with Gasteiger partial charge in [0.15, 0.2) is 11.0 Å². The molecule has 20 heavy (non-hydrogen) atoms. The Labute approximate surface area is 134 Å². The number of para-hydroxylation sites is 2. The molecule has 0 aliphatic carbocycles. The molecule has 2 aromatic carbocycles. The summed E-state index contributed by atoms with van der Waals surface area (Å²) in [5.74, 6) is 1.06. The lowest BCUT2D eigenvalue weighted by Crippen LogP contribution is -3.00. The zero-order valence-corrected chi connectivity index (χ0v) is 13.3. The van der Waals surface area contributed by atoms with Crippen LogP contribution in [0.25, 0.3) is 22.4 Å². The maximum absolute atomic E-state index is 6.32. The number of nitrogens with zero attached hydrogens (tertiary/aromatic N) is 2. The first kappa shape index (κ1) is 15.2. The third-order valence-corrected chi connectivity index (χ3v) is 3.96. The molecule has 0 N–H and O–H groups in total. The van der Waals surface area contributed by atoms with Gasteiger partial charge in [-0.3, -0.25) is 0 Å². The summed E-state index contributed by atoms with van der Waals surface area (Å²) in [4.78, 5) is 0. The van der Waals surface area contributed by atoms with E-state index in [1.807, 2.05) is 38.4 Å². The van der Waals surface area contributed by atoms with Gasteiger partial charge in [-0.25, -0.2) is 9.13 Å².